The van der Waals surface area contributed by atoms with E-state index in [1.165, 1.54) is 5.56 Å². The summed E-state index contributed by atoms with van der Waals surface area (Å²) in [5.41, 5.74) is 2.01. The molecule has 0 aliphatic heterocycles. The van der Waals surface area contributed by atoms with Crippen LogP contribution < -0.4 is 0 Å². The summed E-state index contributed by atoms with van der Waals surface area (Å²) in [7, 11) is 0. The van der Waals surface area contributed by atoms with Crippen LogP contribution in [0.2, 0.25) is 0 Å². The number of halogens is 1. The average molecular weight is 261 g/mol. The molecule has 0 saturated carbocycles. The number of alkyl halides is 1. The molecule has 0 aromatic heterocycles. The van der Waals surface area contributed by atoms with E-state index >= 15 is 0 Å². The summed E-state index contributed by atoms with van der Waals surface area (Å²) >= 11 is 6.17. The highest BCUT2D eigenvalue weighted by molar-refractivity contribution is 6.19. The smallest absolute Gasteiger partial charge is 0.156 e. The van der Waals surface area contributed by atoms with E-state index in [1.54, 1.807) is 0 Å². The Hall–Kier alpha value is -1.31. The van der Waals surface area contributed by atoms with Crippen molar-refractivity contribution in [2.24, 2.45) is 0 Å². The van der Waals surface area contributed by atoms with E-state index in [9.17, 15) is 0 Å². The van der Waals surface area contributed by atoms with Crippen LogP contribution in [0.3, 0.4) is 0 Å². The third kappa shape index (κ3) is 4.17. The molecule has 2 aromatic carbocycles. The molecule has 2 heteroatoms. The molecule has 1 nitrogen and oxygen atoms in total. The van der Waals surface area contributed by atoms with E-state index in [0.717, 1.165) is 18.4 Å². The molecule has 0 fully saturated rings. The zero-order valence-electron chi connectivity index (χ0n) is 10.3. The van der Waals surface area contributed by atoms with Gasteiger partial charge < -0.3 is 4.74 Å². The lowest BCUT2D eigenvalue weighted by Gasteiger charge is -2.11. The molecule has 2 rings (SSSR count). The molecule has 0 bridgehead atoms. The van der Waals surface area contributed by atoms with Crippen LogP contribution in [0.1, 0.15) is 23.1 Å². The molecule has 0 spiro atoms. The highest BCUT2D eigenvalue weighted by Crippen LogP contribution is 2.21. The van der Waals surface area contributed by atoms with Gasteiger partial charge in [0.1, 0.15) is 0 Å². The van der Waals surface area contributed by atoms with Gasteiger partial charge in [-0.25, -0.2) is 0 Å². The van der Waals surface area contributed by atoms with Gasteiger partial charge in [-0.3, -0.25) is 0 Å². The second-order valence-electron chi connectivity index (χ2n) is 4.19. The number of ether oxygens (including phenoxy) is 1. The van der Waals surface area contributed by atoms with Crippen LogP contribution >= 0.6 is 11.6 Å². The standard InChI is InChI=1S/C16H17ClO/c17-16(15-11-5-2-6-12-15)18-13-7-10-14-8-3-1-4-9-14/h1-6,8-9,11-12,16H,7,10,13H2. The van der Waals surface area contributed by atoms with Crippen LogP contribution in [-0.2, 0) is 11.2 Å². The minimum absolute atomic E-state index is 0.345. The normalized spacial score (nSPS) is 12.3. The zero-order chi connectivity index (χ0) is 12.6. The van der Waals surface area contributed by atoms with Gasteiger partial charge in [-0.1, -0.05) is 72.3 Å². The van der Waals surface area contributed by atoms with E-state index in [-0.39, 0.29) is 5.56 Å². The Morgan fingerprint density at radius 1 is 0.889 bits per heavy atom. The minimum atomic E-state index is -0.345. The van der Waals surface area contributed by atoms with Crippen LogP contribution in [0.4, 0.5) is 0 Å². The van der Waals surface area contributed by atoms with Gasteiger partial charge in [0.15, 0.2) is 5.56 Å². The first kappa shape index (κ1) is 13.1. The maximum absolute atomic E-state index is 6.17. The highest BCUT2D eigenvalue weighted by Gasteiger charge is 2.06. The van der Waals surface area contributed by atoms with Crippen molar-refractivity contribution in [3.8, 4) is 0 Å². The van der Waals surface area contributed by atoms with Crippen molar-refractivity contribution in [1.29, 1.82) is 0 Å². The molecule has 0 saturated heterocycles. The van der Waals surface area contributed by atoms with Gasteiger partial charge in [0, 0.05) is 6.61 Å². The van der Waals surface area contributed by atoms with Crippen molar-refractivity contribution in [1.82, 2.24) is 0 Å². The van der Waals surface area contributed by atoms with Gasteiger partial charge in [0.2, 0.25) is 0 Å². The molecule has 0 radical (unpaired) electrons. The summed E-state index contributed by atoms with van der Waals surface area (Å²) in [5.74, 6) is 0. The molecule has 0 heterocycles. The van der Waals surface area contributed by atoms with E-state index < -0.39 is 0 Å². The second kappa shape index (κ2) is 7.20. The predicted octanol–water partition coefficient (Wildman–Crippen LogP) is 4.57. The van der Waals surface area contributed by atoms with Crippen molar-refractivity contribution in [3.63, 3.8) is 0 Å². The quantitative estimate of drug-likeness (QED) is 0.546. The van der Waals surface area contributed by atoms with E-state index in [0.29, 0.717) is 6.61 Å². The second-order valence-corrected chi connectivity index (χ2v) is 4.58. The first-order valence-electron chi connectivity index (χ1n) is 6.21. The molecule has 0 amide bonds. The molecule has 0 N–H and O–H groups in total. The lowest BCUT2D eigenvalue weighted by molar-refractivity contribution is 0.106. The minimum Gasteiger partial charge on any atom is -0.358 e. The number of hydrogen-bond acceptors (Lipinski definition) is 1. The van der Waals surface area contributed by atoms with Gasteiger partial charge >= 0.3 is 0 Å². The van der Waals surface area contributed by atoms with E-state index in [2.05, 4.69) is 24.3 Å². The molecular weight excluding hydrogens is 244 g/mol. The van der Waals surface area contributed by atoms with Crippen LogP contribution in [0, 0.1) is 0 Å². The van der Waals surface area contributed by atoms with Crippen LogP contribution in [0.15, 0.2) is 60.7 Å². The van der Waals surface area contributed by atoms with E-state index in [1.807, 2.05) is 36.4 Å². The van der Waals surface area contributed by atoms with Crippen molar-refractivity contribution in [2.75, 3.05) is 6.61 Å². The number of rotatable bonds is 6. The molecule has 0 aliphatic rings. The summed E-state index contributed by atoms with van der Waals surface area (Å²) in [6.07, 6.45) is 2.01. The van der Waals surface area contributed by atoms with Crippen molar-refractivity contribution in [2.45, 2.75) is 18.4 Å². The van der Waals surface area contributed by atoms with Crippen LogP contribution in [0.25, 0.3) is 0 Å². The Balaban J connectivity index is 1.70. The lowest BCUT2D eigenvalue weighted by Crippen LogP contribution is -2.00. The maximum atomic E-state index is 6.17. The first-order chi connectivity index (χ1) is 8.86. The maximum Gasteiger partial charge on any atom is 0.156 e. The fraction of sp³-hybridized carbons (Fsp3) is 0.250. The Kier molecular flexibility index (Phi) is 5.25. The third-order valence-electron chi connectivity index (χ3n) is 2.78. The molecule has 2 aromatic rings. The highest BCUT2D eigenvalue weighted by atomic mass is 35.5. The summed E-state index contributed by atoms with van der Waals surface area (Å²) in [5, 5.41) is 0. The largest absolute Gasteiger partial charge is 0.358 e. The SMILES string of the molecule is ClC(OCCCc1ccccc1)c1ccccc1. The van der Waals surface area contributed by atoms with Gasteiger partial charge in [-0.15, -0.1) is 0 Å². The summed E-state index contributed by atoms with van der Waals surface area (Å²) in [6, 6.07) is 20.3. The molecule has 0 aliphatic carbocycles. The first-order valence-corrected chi connectivity index (χ1v) is 6.64. The topological polar surface area (TPSA) is 9.23 Å². The number of aryl methyl sites for hydroxylation is 1. The van der Waals surface area contributed by atoms with Crippen molar-refractivity contribution in [3.05, 3.63) is 71.8 Å². The Morgan fingerprint density at radius 3 is 2.17 bits per heavy atom. The van der Waals surface area contributed by atoms with Gasteiger partial charge in [0.05, 0.1) is 0 Å². The monoisotopic (exact) mass is 260 g/mol. The Labute approximate surface area is 113 Å². The predicted molar refractivity (Wildman–Crippen MR) is 75.8 cm³/mol. The summed E-state index contributed by atoms with van der Waals surface area (Å²) in [6.45, 7) is 0.679. The molecule has 18 heavy (non-hydrogen) atoms. The van der Waals surface area contributed by atoms with Crippen LogP contribution in [-0.4, -0.2) is 6.61 Å². The average Bonchev–Trinajstić information content (AvgIpc) is 2.45. The Bertz CT molecular complexity index is 441. The number of benzene rings is 2. The molecule has 1 unspecified atom stereocenters. The van der Waals surface area contributed by atoms with Gasteiger partial charge in [0.25, 0.3) is 0 Å². The fourth-order valence-electron chi connectivity index (χ4n) is 1.81. The molecule has 94 valence electrons. The van der Waals surface area contributed by atoms with Crippen LogP contribution in [0.5, 0.6) is 0 Å². The number of hydrogen-bond donors (Lipinski definition) is 0. The van der Waals surface area contributed by atoms with Crippen molar-refractivity contribution >= 4 is 11.6 Å². The third-order valence-corrected chi connectivity index (χ3v) is 3.16. The van der Waals surface area contributed by atoms with Crippen molar-refractivity contribution < 1.29 is 4.74 Å². The fourth-order valence-corrected chi connectivity index (χ4v) is 2.04. The zero-order valence-corrected chi connectivity index (χ0v) is 11.0. The molecule has 1 atom stereocenters. The summed E-state index contributed by atoms with van der Waals surface area (Å²) in [4.78, 5) is 0. The van der Waals surface area contributed by atoms with Gasteiger partial charge in [-0.2, -0.15) is 0 Å². The van der Waals surface area contributed by atoms with Gasteiger partial charge in [-0.05, 0) is 24.0 Å². The van der Waals surface area contributed by atoms with E-state index in [4.69, 9.17) is 16.3 Å². The Morgan fingerprint density at radius 2 is 1.50 bits per heavy atom. The lowest BCUT2D eigenvalue weighted by atomic mass is 10.1. The molecular formula is C16H17ClO. The summed E-state index contributed by atoms with van der Waals surface area (Å²) < 4.78 is 5.62.